The van der Waals surface area contributed by atoms with Crippen molar-refractivity contribution in [3.63, 3.8) is 0 Å². The summed E-state index contributed by atoms with van der Waals surface area (Å²) in [4.78, 5) is 0. The van der Waals surface area contributed by atoms with Crippen molar-refractivity contribution in [3.05, 3.63) is 29.8 Å². The van der Waals surface area contributed by atoms with E-state index in [2.05, 4.69) is 26.8 Å². The number of benzene rings is 1. The molecule has 0 amide bonds. The molecule has 0 aliphatic rings. The van der Waals surface area contributed by atoms with Gasteiger partial charge in [-0.05, 0) is 32.3 Å². The van der Waals surface area contributed by atoms with Crippen molar-refractivity contribution < 1.29 is 9.47 Å². The van der Waals surface area contributed by atoms with Crippen LogP contribution >= 0.6 is 0 Å². The molecular weight excluding hydrogens is 250 g/mol. The van der Waals surface area contributed by atoms with Gasteiger partial charge in [0.25, 0.3) is 0 Å². The molecule has 0 heterocycles. The highest BCUT2D eigenvalue weighted by Crippen LogP contribution is 2.37. The molecule has 0 saturated heterocycles. The monoisotopic (exact) mass is 279 g/mol. The first-order valence-corrected chi connectivity index (χ1v) is 7.76. The summed E-state index contributed by atoms with van der Waals surface area (Å²) in [7, 11) is 0. The Bertz CT molecular complexity index is 388. The Hall–Kier alpha value is -1.06. The normalized spacial score (nSPS) is 13.2. The van der Waals surface area contributed by atoms with Crippen LogP contribution in [-0.2, 0) is 4.74 Å². The number of hydrogen-bond acceptors (Lipinski definition) is 3. The summed E-state index contributed by atoms with van der Waals surface area (Å²) >= 11 is 0. The summed E-state index contributed by atoms with van der Waals surface area (Å²) in [6.45, 7) is 9.78. The average molecular weight is 279 g/mol. The van der Waals surface area contributed by atoms with Gasteiger partial charge in [0.2, 0.25) is 0 Å². The Morgan fingerprint density at radius 2 is 1.75 bits per heavy atom. The van der Waals surface area contributed by atoms with Crippen LogP contribution in [0, 0.1) is 0 Å². The molecular formula is C17H29NO2. The molecule has 1 aromatic carbocycles. The van der Waals surface area contributed by atoms with E-state index in [1.54, 1.807) is 0 Å². The smallest absolute Gasteiger partial charge is 0.124 e. The van der Waals surface area contributed by atoms with Crippen LogP contribution in [0.2, 0.25) is 0 Å². The second kappa shape index (κ2) is 8.28. The zero-order chi connectivity index (χ0) is 15.0. The third-order valence-electron chi connectivity index (χ3n) is 3.91. The van der Waals surface area contributed by atoms with Gasteiger partial charge in [-0.1, -0.05) is 39.0 Å². The fourth-order valence-corrected chi connectivity index (χ4v) is 2.64. The fraction of sp³-hybridized carbons (Fsp3) is 0.647. The molecule has 0 fully saturated rings. The van der Waals surface area contributed by atoms with Gasteiger partial charge in [-0.25, -0.2) is 0 Å². The highest BCUT2D eigenvalue weighted by atomic mass is 16.5. The SMILES string of the molecule is CCCOc1ccccc1C(N)C(CC)(CC)OCC. The lowest BCUT2D eigenvalue weighted by molar-refractivity contribution is -0.0650. The van der Waals surface area contributed by atoms with Crippen LogP contribution in [0.25, 0.3) is 0 Å². The van der Waals surface area contributed by atoms with Crippen LogP contribution in [0.3, 0.4) is 0 Å². The third kappa shape index (κ3) is 3.74. The molecule has 0 radical (unpaired) electrons. The second-order valence-electron chi connectivity index (χ2n) is 5.07. The predicted octanol–water partition coefficient (Wildman–Crippen LogP) is 4.07. The maximum Gasteiger partial charge on any atom is 0.124 e. The Morgan fingerprint density at radius 3 is 2.30 bits per heavy atom. The Labute approximate surface area is 123 Å². The van der Waals surface area contributed by atoms with Crippen molar-refractivity contribution in [2.45, 2.75) is 58.6 Å². The highest BCUT2D eigenvalue weighted by molar-refractivity contribution is 5.37. The Morgan fingerprint density at radius 1 is 1.10 bits per heavy atom. The lowest BCUT2D eigenvalue weighted by atomic mass is 9.84. The molecule has 0 spiro atoms. The first-order valence-electron chi connectivity index (χ1n) is 7.76. The molecule has 0 aromatic heterocycles. The van der Waals surface area contributed by atoms with Gasteiger partial charge in [-0.2, -0.15) is 0 Å². The van der Waals surface area contributed by atoms with Crippen LogP contribution in [0.15, 0.2) is 24.3 Å². The lowest BCUT2D eigenvalue weighted by Crippen LogP contribution is -2.43. The highest BCUT2D eigenvalue weighted by Gasteiger charge is 2.36. The minimum Gasteiger partial charge on any atom is -0.493 e. The van der Waals surface area contributed by atoms with Crippen molar-refractivity contribution >= 4 is 0 Å². The lowest BCUT2D eigenvalue weighted by Gasteiger charge is -2.38. The molecule has 1 rings (SSSR count). The van der Waals surface area contributed by atoms with Gasteiger partial charge in [0.15, 0.2) is 0 Å². The summed E-state index contributed by atoms with van der Waals surface area (Å²) in [5, 5.41) is 0. The van der Waals surface area contributed by atoms with Gasteiger partial charge in [0, 0.05) is 12.2 Å². The summed E-state index contributed by atoms with van der Waals surface area (Å²) < 4.78 is 11.9. The van der Waals surface area contributed by atoms with Crippen molar-refractivity contribution in [1.29, 1.82) is 0 Å². The van der Waals surface area contributed by atoms with E-state index in [9.17, 15) is 0 Å². The molecule has 0 saturated carbocycles. The van der Waals surface area contributed by atoms with Gasteiger partial charge in [0.05, 0.1) is 18.2 Å². The van der Waals surface area contributed by atoms with Crippen molar-refractivity contribution in [1.82, 2.24) is 0 Å². The van der Waals surface area contributed by atoms with E-state index in [1.807, 2.05) is 25.1 Å². The topological polar surface area (TPSA) is 44.5 Å². The summed E-state index contributed by atoms with van der Waals surface area (Å²) in [5.74, 6) is 0.882. The molecule has 0 bridgehead atoms. The summed E-state index contributed by atoms with van der Waals surface area (Å²) in [5.41, 5.74) is 7.27. The van der Waals surface area contributed by atoms with E-state index < -0.39 is 0 Å². The quantitative estimate of drug-likeness (QED) is 0.741. The molecule has 2 N–H and O–H groups in total. The molecule has 3 heteroatoms. The first kappa shape index (κ1) is 17.0. The molecule has 20 heavy (non-hydrogen) atoms. The molecule has 0 aliphatic heterocycles. The Kier molecular flexibility index (Phi) is 7.03. The summed E-state index contributed by atoms with van der Waals surface area (Å²) in [6.07, 6.45) is 2.77. The summed E-state index contributed by atoms with van der Waals surface area (Å²) in [6, 6.07) is 7.87. The average Bonchev–Trinajstić information content (AvgIpc) is 2.50. The van der Waals surface area contributed by atoms with Crippen LogP contribution in [0.1, 0.15) is 58.6 Å². The third-order valence-corrected chi connectivity index (χ3v) is 3.91. The minimum absolute atomic E-state index is 0.175. The molecule has 1 aromatic rings. The van der Waals surface area contributed by atoms with Crippen molar-refractivity contribution in [2.24, 2.45) is 5.73 Å². The maximum atomic E-state index is 6.55. The van der Waals surface area contributed by atoms with E-state index in [0.717, 1.165) is 30.6 Å². The van der Waals surface area contributed by atoms with Crippen LogP contribution in [0.5, 0.6) is 5.75 Å². The van der Waals surface area contributed by atoms with Crippen molar-refractivity contribution in [2.75, 3.05) is 13.2 Å². The standard InChI is InChI=1S/C17H29NO2/c1-5-13-19-15-12-10-9-11-14(15)16(18)17(6-2,7-3)20-8-4/h9-12,16H,5-8,13,18H2,1-4H3. The van der Waals surface area contributed by atoms with E-state index >= 15 is 0 Å². The first-order chi connectivity index (χ1) is 9.65. The van der Waals surface area contributed by atoms with Crippen LogP contribution in [-0.4, -0.2) is 18.8 Å². The zero-order valence-corrected chi connectivity index (χ0v) is 13.3. The van der Waals surface area contributed by atoms with E-state index in [4.69, 9.17) is 15.2 Å². The number of nitrogens with two attached hydrogens (primary N) is 1. The largest absolute Gasteiger partial charge is 0.493 e. The number of rotatable bonds is 9. The zero-order valence-electron chi connectivity index (χ0n) is 13.3. The molecule has 0 aliphatic carbocycles. The van der Waals surface area contributed by atoms with Crippen molar-refractivity contribution in [3.8, 4) is 5.75 Å². The van der Waals surface area contributed by atoms with Gasteiger partial charge < -0.3 is 15.2 Å². The number of hydrogen-bond donors (Lipinski definition) is 1. The number of ether oxygens (including phenoxy) is 2. The minimum atomic E-state index is -0.319. The van der Waals surface area contributed by atoms with Crippen LogP contribution < -0.4 is 10.5 Å². The maximum absolute atomic E-state index is 6.55. The molecule has 1 unspecified atom stereocenters. The number of para-hydroxylation sites is 1. The fourth-order valence-electron chi connectivity index (χ4n) is 2.64. The molecule has 3 nitrogen and oxygen atoms in total. The van der Waals surface area contributed by atoms with Gasteiger partial charge >= 0.3 is 0 Å². The van der Waals surface area contributed by atoms with E-state index in [0.29, 0.717) is 13.2 Å². The van der Waals surface area contributed by atoms with E-state index in [1.165, 1.54) is 0 Å². The van der Waals surface area contributed by atoms with Gasteiger partial charge in [-0.15, -0.1) is 0 Å². The Balaban J connectivity index is 3.07. The van der Waals surface area contributed by atoms with Gasteiger partial charge in [0.1, 0.15) is 5.75 Å². The molecule has 1 atom stereocenters. The van der Waals surface area contributed by atoms with Gasteiger partial charge in [-0.3, -0.25) is 0 Å². The van der Waals surface area contributed by atoms with E-state index in [-0.39, 0.29) is 11.6 Å². The molecule has 114 valence electrons. The van der Waals surface area contributed by atoms with Crippen LogP contribution in [0.4, 0.5) is 0 Å². The second-order valence-corrected chi connectivity index (χ2v) is 5.07. The predicted molar refractivity (Wildman–Crippen MR) is 84.1 cm³/mol.